The standard InChI is InChI=1S/C14H12BrFN2O/c1-9(15)10-4-2-3-5-13(10)18-14(19)11-6-7-17-8-12(11)16/h2-9H,1H3,(H,18,19). The highest BCUT2D eigenvalue weighted by Crippen LogP contribution is 2.28. The SMILES string of the molecule is CC(Br)c1ccccc1NC(=O)c1ccncc1F. The molecule has 2 rings (SSSR count). The minimum absolute atomic E-state index is 0.0213. The van der Waals surface area contributed by atoms with E-state index >= 15 is 0 Å². The first kappa shape index (κ1) is 13.7. The summed E-state index contributed by atoms with van der Waals surface area (Å²) in [6.45, 7) is 1.96. The number of nitrogens with one attached hydrogen (secondary N) is 1. The topological polar surface area (TPSA) is 42.0 Å². The second kappa shape index (κ2) is 5.93. The van der Waals surface area contributed by atoms with Gasteiger partial charge >= 0.3 is 0 Å². The first-order valence-corrected chi connectivity index (χ1v) is 6.65. The molecule has 0 aliphatic rings. The number of carbonyl (C=O) groups excluding carboxylic acids is 1. The molecular weight excluding hydrogens is 311 g/mol. The maximum Gasteiger partial charge on any atom is 0.258 e. The highest BCUT2D eigenvalue weighted by Gasteiger charge is 2.14. The minimum Gasteiger partial charge on any atom is -0.322 e. The number of hydrogen-bond acceptors (Lipinski definition) is 2. The van der Waals surface area contributed by atoms with Crippen LogP contribution in [0.25, 0.3) is 0 Å². The van der Waals surface area contributed by atoms with Crippen molar-refractivity contribution in [3.8, 4) is 0 Å². The number of aromatic nitrogens is 1. The summed E-state index contributed by atoms with van der Waals surface area (Å²) >= 11 is 3.46. The van der Waals surface area contributed by atoms with Crippen LogP contribution in [0.4, 0.5) is 10.1 Å². The number of anilines is 1. The van der Waals surface area contributed by atoms with Gasteiger partial charge in [0.25, 0.3) is 5.91 Å². The molecule has 1 heterocycles. The molecule has 1 atom stereocenters. The summed E-state index contributed by atoms with van der Waals surface area (Å²) in [5.41, 5.74) is 1.57. The fraction of sp³-hybridized carbons (Fsp3) is 0.143. The van der Waals surface area contributed by atoms with E-state index in [-0.39, 0.29) is 10.4 Å². The second-order valence-corrected chi connectivity index (χ2v) is 5.39. The van der Waals surface area contributed by atoms with Crippen LogP contribution >= 0.6 is 15.9 Å². The number of halogens is 2. The lowest BCUT2D eigenvalue weighted by Crippen LogP contribution is -2.15. The van der Waals surface area contributed by atoms with Crippen molar-refractivity contribution in [2.24, 2.45) is 0 Å². The van der Waals surface area contributed by atoms with E-state index in [1.54, 1.807) is 6.07 Å². The maximum atomic E-state index is 13.5. The van der Waals surface area contributed by atoms with Crippen LogP contribution in [0.1, 0.15) is 27.7 Å². The van der Waals surface area contributed by atoms with Crippen LogP contribution in [0.5, 0.6) is 0 Å². The van der Waals surface area contributed by atoms with E-state index in [0.717, 1.165) is 11.8 Å². The summed E-state index contributed by atoms with van der Waals surface area (Å²) in [6.07, 6.45) is 2.41. The van der Waals surface area contributed by atoms with E-state index in [2.05, 4.69) is 26.2 Å². The van der Waals surface area contributed by atoms with E-state index in [1.807, 2.05) is 25.1 Å². The molecule has 0 radical (unpaired) electrons. The van der Waals surface area contributed by atoms with Gasteiger partial charge in [-0.1, -0.05) is 34.1 Å². The average Bonchev–Trinajstić information content (AvgIpc) is 2.39. The quantitative estimate of drug-likeness (QED) is 0.870. The monoisotopic (exact) mass is 322 g/mol. The molecule has 0 aliphatic carbocycles. The van der Waals surface area contributed by atoms with Crippen LogP contribution < -0.4 is 5.32 Å². The number of para-hydroxylation sites is 1. The molecule has 0 saturated carbocycles. The minimum atomic E-state index is -0.635. The Labute approximate surface area is 119 Å². The summed E-state index contributed by atoms with van der Waals surface area (Å²) in [5.74, 6) is -1.12. The Hall–Kier alpha value is -1.75. The largest absolute Gasteiger partial charge is 0.322 e. The number of alkyl halides is 1. The van der Waals surface area contributed by atoms with Crippen molar-refractivity contribution < 1.29 is 9.18 Å². The van der Waals surface area contributed by atoms with E-state index in [4.69, 9.17) is 0 Å². The Morgan fingerprint density at radius 2 is 2.11 bits per heavy atom. The van der Waals surface area contributed by atoms with E-state index in [0.29, 0.717) is 5.69 Å². The fourth-order valence-electron chi connectivity index (χ4n) is 1.71. The molecule has 0 aliphatic heterocycles. The number of carbonyl (C=O) groups is 1. The average molecular weight is 323 g/mol. The summed E-state index contributed by atoms with van der Waals surface area (Å²) in [4.78, 5) is 15.7. The first-order valence-electron chi connectivity index (χ1n) is 5.73. The normalized spacial score (nSPS) is 11.9. The van der Waals surface area contributed by atoms with Gasteiger partial charge < -0.3 is 5.32 Å². The molecule has 0 bridgehead atoms. The Bertz CT molecular complexity index is 602. The van der Waals surface area contributed by atoms with Crippen LogP contribution in [0.3, 0.4) is 0 Å². The number of rotatable bonds is 3. The molecule has 1 amide bonds. The van der Waals surface area contributed by atoms with Gasteiger partial charge in [-0.3, -0.25) is 9.78 Å². The molecule has 98 valence electrons. The highest BCUT2D eigenvalue weighted by molar-refractivity contribution is 9.09. The van der Waals surface area contributed by atoms with Gasteiger partial charge in [0.15, 0.2) is 5.82 Å². The molecular formula is C14H12BrFN2O. The summed E-state index contributed by atoms with van der Waals surface area (Å²) < 4.78 is 13.5. The Morgan fingerprint density at radius 3 is 2.79 bits per heavy atom. The third-order valence-corrected chi connectivity index (χ3v) is 3.15. The number of pyridine rings is 1. The zero-order valence-corrected chi connectivity index (χ0v) is 11.8. The highest BCUT2D eigenvalue weighted by atomic mass is 79.9. The lowest BCUT2D eigenvalue weighted by Gasteiger charge is -2.12. The third-order valence-electron chi connectivity index (χ3n) is 2.65. The number of amides is 1. The number of benzene rings is 1. The number of nitrogens with zero attached hydrogens (tertiary/aromatic N) is 1. The lowest BCUT2D eigenvalue weighted by molar-refractivity contribution is 0.102. The molecule has 0 saturated heterocycles. The van der Waals surface area contributed by atoms with Crippen LogP contribution in [0, 0.1) is 5.82 Å². The van der Waals surface area contributed by atoms with Crippen LogP contribution in [0.15, 0.2) is 42.7 Å². The van der Waals surface area contributed by atoms with E-state index in [9.17, 15) is 9.18 Å². The molecule has 5 heteroatoms. The van der Waals surface area contributed by atoms with E-state index < -0.39 is 11.7 Å². The van der Waals surface area contributed by atoms with Gasteiger partial charge in [0.1, 0.15) is 0 Å². The van der Waals surface area contributed by atoms with Gasteiger partial charge in [-0.25, -0.2) is 4.39 Å². The summed E-state index contributed by atoms with van der Waals surface area (Å²) in [6, 6.07) is 8.74. The smallest absolute Gasteiger partial charge is 0.258 e. The van der Waals surface area contributed by atoms with Gasteiger partial charge in [-0.15, -0.1) is 0 Å². The van der Waals surface area contributed by atoms with Crippen molar-refractivity contribution in [2.75, 3.05) is 5.32 Å². The maximum absolute atomic E-state index is 13.5. The Balaban J connectivity index is 2.27. The second-order valence-electron chi connectivity index (χ2n) is 4.01. The van der Waals surface area contributed by atoms with Crippen molar-refractivity contribution in [3.63, 3.8) is 0 Å². The summed E-state index contributed by atoms with van der Waals surface area (Å²) in [7, 11) is 0. The lowest BCUT2D eigenvalue weighted by atomic mass is 10.1. The van der Waals surface area contributed by atoms with Crippen molar-refractivity contribution >= 4 is 27.5 Å². The predicted molar refractivity (Wildman–Crippen MR) is 75.9 cm³/mol. The number of hydrogen-bond donors (Lipinski definition) is 1. The van der Waals surface area contributed by atoms with Gasteiger partial charge in [0.2, 0.25) is 0 Å². The van der Waals surface area contributed by atoms with Gasteiger partial charge in [-0.05, 0) is 24.6 Å². The van der Waals surface area contributed by atoms with Crippen molar-refractivity contribution in [3.05, 3.63) is 59.7 Å². The predicted octanol–water partition coefficient (Wildman–Crippen LogP) is 3.93. The van der Waals surface area contributed by atoms with E-state index in [1.165, 1.54) is 12.3 Å². The fourth-order valence-corrected chi connectivity index (χ4v) is 2.11. The molecule has 1 aromatic carbocycles. The van der Waals surface area contributed by atoms with Gasteiger partial charge in [-0.2, -0.15) is 0 Å². The third kappa shape index (κ3) is 3.17. The molecule has 1 N–H and O–H groups in total. The molecule has 3 nitrogen and oxygen atoms in total. The summed E-state index contributed by atoms with van der Waals surface area (Å²) in [5, 5.41) is 2.71. The van der Waals surface area contributed by atoms with Crippen LogP contribution in [0.2, 0.25) is 0 Å². The van der Waals surface area contributed by atoms with Gasteiger partial charge in [0.05, 0.1) is 11.8 Å². The van der Waals surface area contributed by atoms with Gasteiger partial charge in [0, 0.05) is 16.7 Å². The van der Waals surface area contributed by atoms with Crippen LogP contribution in [-0.4, -0.2) is 10.9 Å². The molecule has 0 fully saturated rings. The van der Waals surface area contributed by atoms with Crippen molar-refractivity contribution in [1.29, 1.82) is 0 Å². The molecule has 0 spiro atoms. The first-order chi connectivity index (χ1) is 9.09. The molecule has 1 aromatic heterocycles. The van der Waals surface area contributed by atoms with Crippen LogP contribution in [-0.2, 0) is 0 Å². The van der Waals surface area contributed by atoms with Crippen molar-refractivity contribution in [2.45, 2.75) is 11.8 Å². The van der Waals surface area contributed by atoms with Crippen molar-refractivity contribution in [1.82, 2.24) is 4.98 Å². The zero-order chi connectivity index (χ0) is 13.8. The molecule has 1 unspecified atom stereocenters. The zero-order valence-electron chi connectivity index (χ0n) is 10.2. The molecule has 19 heavy (non-hydrogen) atoms. The Kier molecular flexibility index (Phi) is 4.27. The molecule has 2 aromatic rings. The Morgan fingerprint density at radius 1 is 1.37 bits per heavy atom.